The van der Waals surface area contributed by atoms with E-state index in [9.17, 15) is 0 Å². The number of halogens is 2. The summed E-state index contributed by atoms with van der Waals surface area (Å²) in [5, 5.41) is 0. The molecule has 1 unspecified atom stereocenters. The van der Waals surface area contributed by atoms with Crippen LogP contribution >= 0.6 is 0 Å². The van der Waals surface area contributed by atoms with Crippen LogP contribution in [0.25, 0.3) is 0 Å². The smallest absolute Gasteiger partial charge is 1.00 e. The molecule has 0 saturated heterocycles. The standard InChI is InChI=1S/C16H21O.2ClH.Ti/c1-4-17-16(12-15-7-5-6-8-15)10-9-13(2)11-14(16)3;;;/h5,7,9,11H,4,6,10,12H2,1-3H3;2*1H;/q-1;;;+3/p-2. The third kappa shape index (κ3) is 5.20. The van der Waals surface area contributed by atoms with Gasteiger partial charge in [0.05, 0.1) is 5.60 Å². The Morgan fingerprint density at radius 3 is 2.50 bits per heavy atom. The van der Waals surface area contributed by atoms with Gasteiger partial charge in [0, 0.05) is 6.61 Å². The largest absolute Gasteiger partial charge is 3.00 e. The molecule has 20 heavy (non-hydrogen) atoms. The van der Waals surface area contributed by atoms with Gasteiger partial charge in [-0.15, -0.1) is 6.42 Å². The van der Waals surface area contributed by atoms with Gasteiger partial charge in [-0.2, -0.15) is 6.08 Å². The second-order valence-corrected chi connectivity index (χ2v) is 4.89. The van der Waals surface area contributed by atoms with Gasteiger partial charge >= 0.3 is 21.7 Å². The van der Waals surface area contributed by atoms with Gasteiger partial charge in [0.1, 0.15) is 0 Å². The van der Waals surface area contributed by atoms with Gasteiger partial charge in [0.25, 0.3) is 0 Å². The second-order valence-electron chi connectivity index (χ2n) is 4.89. The summed E-state index contributed by atoms with van der Waals surface area (Å²) in [5.74, 6) is 0. The molecule has 0 aliphatic heterocycles. The molecule has 0 fully saturated rings. The van der Waals surface area contributed by atoms with Gasteiger partial charge in [-0.05, 0) is 39.2 Å². The number of allylic oxidation sites excluding steroid dienone is 5. The average molecular weight is 348 g/mol. The summed E-state index contributed by atoms with van der Waals surface area (Å²) in [6.07, 6.45) is 15.2. The van der Waals surface area contributed by atoms with Crippen molar-refractivity contribution in [3.8, 4) is 0 Å². The van der Waals surface area contributed by atoms with Crippen molar-refractivity contribution in [1.29, 1.82) is 0 Å². The van der Waals surface area contributed by atoms with Crippen molar-refractivity contribution in [2.75, 3.05) is 6.61 Å². The van der Waals surface area contributed by atoms with E-state index in [4.69, 9.17) is 4.74 Å². The molecule has 2 rings (SSSR count). The zero-order chi connectivity index (χ0) is 12.3. The van der Waals surface area contributed by atoms with Crippen LogP contribution in [0.5, 0.6) is 0 Å². The van der Waals surface area contributed by atoms with Crippen LogP contribution in [-0.2, 0) is 26.5 Å². The first-order chi connectivity index (χ1) is 8.16. The van der Waals surface area contributed by atoms with E-state index in [0.717, 1.165) is 25.9 Å². The SMILES string of the molecule is CCOC1(CC2=[C-]CC=C2)CC=C(C)C=C1C.[Cl-].[Cl-].[Ti+3]. The van der Waals surface area contributed by atoms with E-state index < -0.39 is 0 Å². The van der Waals surface area contributed by atoms with Crippen molar-refractivity contribution in [3.05, 3.63) is 47.1 Å². The molecule has 1 radical (unpaired) electrons. The van der Waals surface area contributed by atoms with Gasteiger partial charge < -0.3 is 29.6 Å². The maximum absolute atomic E-state index is 6.09. The molecule has 0 saturated carbocycles. The van der Waals surface area contributed by atoms with Crippen molar-refractivity contribution in [2.24, 2.45) is 0 Å². The molecule has 0 spiro atoms. The van der Waals surface area contributed by atoms with Gasteiger partial charge in [-0.1, -0.05) is 17.7 Å². The zero-order valence-corrected chi connectivity index (χ0v) is 15.4. The van der Waals surface area contributed by atoms with Gasteiger partial charge in [0.15, 0.2) is 0 Å². The maximum atomic E-state index is 6.09. The molecule has 2 aliphatic rings. The molecule has 1 atom stereocenters. The minimum absolute atomic E-state index is 0. The Bertz CT molecular complexity index is 424. The molecule has 0 aromatic heterocycles. The molecule has 0 aromatic rings. The van der Waals surface area contributed by atoms with Crippen molar-refractivity contribution >= 4 is 0 Å². The van der Waals surface area contributed by atoms with Crippen molar-refractivity contribution in [1.82, 2.24) is 0 Å². The molecule has 0 heterocycles. The monoisotopic (exact) mass is 347 g/mol. The molecule has 0 amide bonds. The Kier molecular flexibility index (Phi) is 11.3. The predicted molar refractivity (Wildman–Crippen MR) is 71.6 cm³/mol. The summed E-state index contributed by atoms with van der Waals surface area (Å²) >= 11 is 0. The fraction of sp³-hybridized carbons (Fsp3) is 0.500. The van der Waals surface area contributed by atoms with E-state index >= 15 is 0 Å². The van der Waals surface area contributed by atoms with E-state index in [-0.39, 0.29) is 52.1 Å². The molecule has 1 nitrogen and oxygen atoms in total. The van der Waals surface area contributed by atoms with Crippen molar-refractivity contribution < 1.29 is 51.3 Å². The summed E-state index contributed by atoms with van der Waals surface area (Å²) in [5.41, 5.74) is 3.84. The molecular weight excluding hydrogens is 327 g/mol. The second kappa shape index (κ2) is 10.0. The van der Waals surface area contributed by atoms with E-state index in [1.54, 1.807) is 0 Å². The molecule has 0 N–H and O–H groups in total. The van der Waals surface area contributed by atoms with E-state index in [1.807, 2.05) is 0 Å². The third-order valence-corrected chi connectivity index (χ3v) is 3.58. The normalized spacial score (nSPS) is 23.6. The van der Waals surface area contributed by atoms with Crippen LogP contribution in [0.2, 0.25) is 0 Å². The number of hydrogen-bond acceptors (Lipinski definition) is 1. The first-order valence-corrected chi connectivity index (χ1v) is 6.42. The van der Waals surface area contributed by atoms with Crippen molar-refractivity contribution in [3.63, 3.8) is 0 Å². The molecular formula is C16H21Cl2OTi. The Labute approximate surface area is 150 Å². The average Bonchev–Trinajstić information content (AvgIpc) is 2.77. The van der Waals surface area contributed by atoms with E-state index in [2.05, 4.69) is 51.2 Å². The molecule has 0 bridgehead atoms. The minimum Gasteiger partial charge on any atom is -1.00 e. The third-order valence-electron chi connectivity index (χ3n) is 3.58. The fourth-order valence-corrected chi connectivity index (χ4v) is 2.61. The maximum Gasteiger partial charge on any atom is 3.00 e. The Morgan fingerprint density at radius 1 is 1.30 bits per heavy atom. The van der Waals surface area contributed by atoms with E-state index in [1.165, 1.54) is 16.7 Å². The number of hydrogen-bond donors (Lipinski definition) is 0. The van der Waals surface area contributed by atoms with Crippen LogP contribution in [-0.4, -0.2) is 12.2 Å². The van der Waals surface area contributed by atoms with Crippen LogP contribution in [0.4, 0.5) is 0 Å². The van der Waals surface area contributed by atoms with Gasteiger partial charge in [-0.3, -0.25) is 6.08 Å². The Hall–Kier alpha value is 0.214. The van der Waals surface area contributed by atoms with Crippen LogP contribution < -0.4 is 24.8 Å². The quantitative estimate of drug-likeness (QED) is 0.428. The molecule has 109 valence electrons. The summed E-state index contributed by atoms with van der Waals surface area (Å²) in [6, 6.07) is 0. The summed E-state index contributed by atoms with van der Waals surface area (Å²) < 4.78 is 6.09. The van der Waals surface area contributed by atoms with Crippen LogP contribution in [0, 0.1) is 6.08 Å². The fourth-order valence-electron chi connectivity index (χ4n) is 2.61. The molecule has 4 heteroatoms. The van der Waals surface area contributed by atoms with Crippen LogP contribution in [0.1, 0.15) is 40.0 Å². The summed E-state index contributed by atoms with van der Waals surface area (Å²) in [6.45, 7) is 7.17. The van der Waals surface area contributed by atoms with E-state index in [0.29, 0.717) is 0 Å². The molecule has 0 aromatic carbocycles. The number of rotatable bonds is 4. The Balaban J connectivity index is 0. The van der Waals surface area contributed by atoms with Crippen molar-refractivity contribution in [2.45, 2.75) is 45.6 Å². The first-order valence-electron chi connectivity index (χ1n) is 6.42. The van der Waals surface area contributed by atoms with Crippen LogP contribution in [0.3, 0.4) is 0 Å². The van der Waals surface area contributed by atoms with Gasteiger partial charge in [-0.25, -0.2) is 11.6 Å². The zero-order valence-electron chi connectivity index (χ0n) is 12.3. The van der Waals surface area contributed by atoms with Crippen LogP contribution in [0.15, 0.2) is 41.0 Å². The topological polar surface area (TPSA) is 9.23 Å². The Morgan fingerprint density at radius 2 is 2.00 bits per heavy atom. The summed E-state index contributed by atoms with van der Waals surface area (Å²) in [4.78, 5) is 0. The first kappa shape index (κ1) is 22.5. The van der Waals surface area contributed by atoms with Gasteiger partial charge in [0.2, 0.25) is 0 Å². The minimum atomic E-state index is -0.134. The molecule has 2 aliphatic carbocycles. The predicted octanol–water partition coefficient (Wildman–Crippen LogP) is -1.86. The number of ether oxygens (including phenoxy) is 1. The summed E-state index contributed by atoms with van der Waals surface area (Å²) in [7, 11) is 0.